The number of hydrogen-bond acceptors (Lipinski definition) is 10. The van der Waals surface area contributed by atoms with Gasteiger partial charge in [0, 0.05) is 11.1 Å². The molecule has 10 nitrogen and oxygen atoms in total. The fourth-order valence-corrected chi connectivity index (χ4v) is 3.72. The Morgan fingerprint density at radius 2 is 0.841 bits per heavy atom. The van der Waals surface area contributed by atoms with E-state index in [9.17, 15) is 19.2 Å². The third-order valence-electron chi connectivity index (χ3n) is 6.01. The number of rotatable bonds is 12. The van der Waals surface area contributed by atoms with E-state index in [0.717, 1.165) is 0 Å². The van der Waals surface area contributed by atoms with Gasteiger partial charge in [-0.1, -0.05) is 42.9 Å². The number of benzene rings is 2. The van der Waals surface area contributed by atoms with Crippen LogP contribution in [-0.4, -0.2) is 37.5 Å². The number of esters is 4. The quantitative estimate of drug-likeness (QED) is 0.103. The molecule has 0 aromatic heterocycles. The minimum Gasteiger partial charge on any atom is -0.457 e. The Hall–Kier alpha value is -4.60. The summed E-state index contributed by atoms with van der Waals surface area (Å²) < 4.78 is 31.4. The van der Waals surface area contributed by atoms with Gasteiger partial charge in [0.05, 0.1) is 11.8 Å². The van der Waals surface area contributed by atoms with Crippen LogP contribution in [0.4, 0.5) is 0 Å². The molecule has 1 saturated carbocycles. The van der Waals surface area contributed by atoms with Gasteiger partial charge in [0.25, 0.3) is 0 Å². The van der Waals surface area contributed by atoms with E-state index < -0.39 is 11.9 Å². The van der Waals surface area contributed by atoms with Gasteiger partial charge in [0.15, 0.2) is 0 Å². The Labute approximate surface area is 261 Å². The third kappa shape index (κ3) is 13.1. The van der Waals surface area contributed by atoms with Gasteiger partial charge >= 0.3 is 23.9 Å². The van der Waals surface area contributed by atoms with E-state index in [-0.39, 0.29) is 78.2 Å². The van der Waals surface area contributed by atoms with Gasteiger partial charge < -0.3 is 28.4 Å². The smallest absolute Gasteiger partial charge is 0.335 e. The Bertz CT molecular complexity index is 1130. The fraction of sp³-hybridized carbons (Fsp3) is 0.412. The largest absolute Gasteiger partial charge is 0.457 e. The van der Waals surface area contributed by atoms with Crippen LogP contribution in [0.3, 0.4) is 0 Å². The highest BCUT2D eigenvalue weighted by Gasteiger charge is 2.32. The molecule has 1 aliphatic rings. The second kappa shape index (κ2) is 20.3. The molecule has 244 valence electrons. The van der Waals surface area contributed by atoms with Crippen LogP contribution in [0, 0.1) is 11.8 Å². The molecule has 3 rings (SSSR count). The molecule has 0 atom stereocenters. The summed E-state index contributed by atoms with van der Waals surface area (Å²) in [6.45, 7) is 9.54. The standard InChI is InChI=1S/C30H32O10.4CH4/c1-19(2)27(31)37-17-35-23-9-13-25(14-10-23)39-29(33)21-5-7-22(8-6-21)30(34)40-26-15-11-24(12-16-26)36-18-38-28(32)20(3)4;;;;/h9-16,21-22H,1,3,5-8,17-18H2,2,4H3;4*1H4. The summed E-state index contributed by atoms with van der Waals surface area (Å²) in [6.07, 6.45) is 2.01. The molecule has 1 aliphatic carbocycles. The van der Waals surface area contributed by atoms with E-state index in [0.29, 0.717) is 48.7 Å². The summed E-state index contributed by atoms with van der Waals surface area (Å²) in [5.74, 6) is -0.850. The summed E-state index contributed by atoms with van der Waals surface area (Å²) in [5.41, 5.74) is 0.547. The number of hydrogen-bond donors (Lipinski definition) is 0. The number of ether oxygens (including phenoxy) is 6. The maximum absolute atomic E-state index is 12.6. The van der Waals surface area contributed by atoms with Crippen LogP contribution < -0.4 is 18.9 Å². The summed E-state index contributed by atoms with van der Waals surface area (Å²) in [6, 6.07) is 12.7. The monoisotopic (exact) mass is 616 g/mol. The van der Waals surface area contributed by atoms with Crippen LogP contribution >= 0.6 is 0 Å². The SMILES string of the molecule is C.C.C.C.C=C(C)C(=O)OCOc1ccc(OC(=O)C2CCC(C(=O)Oc3ccc(OCOC(=O)C(=C)C)cc3)CC2)cc1. The Balaban J connectivity index is 0. The van der Waals surface area contributed by atoms with Gasteiger partial charge in [-0.05, 0) is 88.1 Å². The van der Waals surface area contributed by atoms with Crippen molar-refractivity contribution in [2.75, 3.05) is 13.6 Å². The zero-order chi connectivity index (χ0) is 29.1. The van der Waals surface area contributed by atoms with Gasteiger partial charge in [-0.15, -0.1) is 0 Å². The summed E-state index contributed by atoms with van der Waals surface area (Å²) in [5, 5.41) is 0. The van der Waals surface area contributed by atoms with Gasteiger partial charge in [-0.25, -0.2) is 9.59 Å². The van der Waals surface area contributed by atoms with Crippen LogP contribution in [-0.2, 0) is 28.7 Å². The fourth-order valence-electron chi connectivity index (χ4n) is 3.72. The predicted octanol–water partition coefficient (Wildman–Crippen LogP) is 7.46. The lowest BCUT2D eigenvalue weighted by Gasteiger charge is -2.25. The molecular weight excluding hydrogens is 568 g/mol. The first-order valence-electron chi connectivity index (χ1n) is 12.7. The number of carbonyl (C=O) groups is 4. The Morgan fingerprint density at radius 1 is 0.568 bits per heavy atom. The molecule has 0 saturated heterocycles. The van der Waals surface area contributed by atoms with Crippen molar-refractivity contribution in [2.45, 2.75) is 69.2 Å². The molecule has 0 heterocycles. The molecule has 10 heteroatoms. The highest BCUT2D eigenvalue weighted by Crippen LogP contribution is 2.32. The van der Waals surface area contributed by atoms with Gasteiger partial charge in [-0.2, -0.15) is 0 Å². The second-order valence-corrected chi connectivity index (χ2v) is 9.28. The average molecular weight is 617 g/mol. The van der Waals surface area contributed by atoms with Gasteiger partial charge in [0.1, 0.15) is 23.0 Å². The molecule has 0 unspecified atom stereocenters. The van der Waals surface area contributed by atoms with Crippen molar-refractivity contribution in [1.82, 2.24) is 0 Å². The van der Waals surface area contributed by atoms with Crippen molar-refractivity contribution < 1.29 is 47.6 Å². The molecule has 0 radical (unpaired) electrons. The van der Waals surface area contributed by atoms with Crippen LogP contribution in [0.2, 0.25) is 0 Å². The lowest BCUT2D eigenvalue weighted by Crippen LogP contribution is -2.30. The average Bonchev–Trinajstić information content (AvgIpc) is 2.94. The van der Waals surface area contributed by atoms with E-state index >= 15 is 0 Å². The molecule has 0 spiro atoms. The molecule has 44 heavy (non-hydrogen) atoms. The maximum atomic E-state index is 12.6. The van der Waals surface area contributed by atoms with Crippen LogP contribution in [0.5, 0.6) is 23.0 Å². The lowest BCUT2D eigenvalue weighted by molar-refractivity contribution is -0.146. The van der Waals surface area contributed by atoms with E-state index in [2.05, 4.69) is 13.2 Å². The van der Waals surface area contributed by atoms with Crippen molar-refractivity contribution in [3.63, 3.8) is 0 Å². The molecule has 0 amide bonds. The van der Waals surface area contributed by atoms with Crippen LogP contribution in [0.25, 0.3) is 0 Å². The first-order valence-corrected chi connectivity index (χ1v) is 12.7. The van der Waals surface area contributed by atoms with Gasteiger partial charge in [0.2, 0.25) is 13.6 Å². The van der Waals surface area contributed by atoms with Crippen molar-refractivity contribution >= 4 is 23.9 Å². The highest BCUT2D eigenvalue weighted by molar-refractivity contribution is 5.87. The van der Waals surface area contributed by atoms with Crippen LogP contribution in [0.1, 0.15) is 69.2 Å². The predicted molar refractivity (Wildman–Crippen MR) is 169 cm³/mol. The zero-order valence-electron chi connectivity index (χ0n) is 22.5. The first-order chi connectivity index (χ1) is 19.1. The zero-order valence-corrected chi connectivity index (χ0v) is 22.5. The Morgan fingerprint density at radius 3 is 1.11 bits per heavy atom. The third-order valence-corrected chi connectivity index (χ3v) is 6.01. The second-order valence-electron chi connectivity index (χ2n) is 9.28. The summed E-state index contributed by atoms with van der Waals surface area (Å²) >= 11 is 0. The molecule has 0 N–H and O–H groups in total. The normalized spacial score (nSPS) is 14.7. The van der Waals surface area contributed by atoms with Crippen molar-refractivity contribution in [3.8, 4) is 23.0 Å². The molecular formula is C34H48O10. The minimum atomic E-state index is -0.547. The van der Waals surface area contributed by atoms with Crippen molar-refractivity contribution in [3.05, 3.63) is 72.8 Å². The van der Waals surface area contributed by atoms with Crippen molar-refractivity contribution in [2.24, 2.45) is 11.8 Å². The lowest BCUT2D eigenvalue weighted by atomic mass is 9.82. The van der Waals surface area contributed by atoms with E-state index in [1.807, 2.05) is 0 Å². The van der Waals surface area contributed by atoms with Crippen molar-refractivity contribution in [1.29, 1.82) is 0 Å². The molecule has 2 aromatic carbocycles. The highest BCUT2D eigenvalue weighted by atomic mass is 16.7. The molecule has 0 aliphatic heterocycles. The molecule has 1 fully saturated rings. The number of carbonyl (C=O) groups excluding carboxylic acids is 4. The first kappa shape index (κ1) is 41.5. The van der Waals surface area contributed by atoms with E-state index in [1.165, 1.54) is 13.8 Å². The van der Waals surface area contributed by atoms with Crippen LogP contribution in [0.15, 0.2) is 72.8 Å². The van der Waals surface area contributed by atoms with Gasteiger partial charge in [-0.3, -0.25) is 9.59 Å². The maximum Gasteiger partial charge on any atom is 0.335 e. The van der Waals surface area contributed by atoms with E-state index in [1.54, 1.807) is 48.5 Å². The topological polar surface area (TPSA) is 124 Å². The molecule has 0 bridgehead atoms. The minimum absolute atomic E-state index is 0. The summed E-state index contributed by atoms with van der Waals surface area (Å²) in [4.78, 5) is 48.0. The molecule has 2 aromatic rings. The Kier molecular flexibility index (Phi) is 19.2. The summed E-state index contributed by atoms with van der Waals surface area (Å²) in [7, 11) is 0. The van der Waals surface area contributed by atoms with E-state index in [4.69, 9.17) is 28.4 Å².